The molecule has 0 aliphatic carbocycles. The molecule has 2 aromatic rings. The molecule has 0 aliphatic heterocycles. The number of rotatable bonds is 4. The smallest absolute Gasteiger partial charge is 0.0620 e. The Bertz CT molecular complexity index is 515. The predicted octanol–water partition coefficient (Wildman–Crippen LogP) is 1.14. The van der Waals surface area contributed by atoms with E-state index in [0.29, 0.717) is 4.40 Å². The number of hydrogen-bond donors (Lipinski definition) is 0. The van der Waals surface area contributed by atoms with Crippen LogP contribution in [0.2, 0.25) is 0 Å². The molecule has 0 bridgehead atoms. The van der Waals surface area contributed by atoms with Crippen molar-refractivity contribution in [2.45, 2.75) is 25.2 Å². The Labute approximate surface area is 123 Å². The molecule has 0 spiro atoms. The molecular formula is C16H23PSi2. The van der Waals surface area contributed by atoms with Crippen molar-refractivity contribution in [1.82, 2.24) is 0 Å². The largest absolute Gasteiger partial charge is 0.137 e. The van der Waals surface area contributed by atoms with Crippen molar-refractivity contribution in [2.24, 2.45) is 0 Å². The molecule has 0 aromatic heterocycles. The second kappa shape index (κ2) is 6.17. The van der Waals surface area contributed by atoms with Crippen LogP contribution in [0.1, 0.15) is 18.1 Å². The summed E-state index contributed by atoms with van der Waals surface area (Å²) in [6.07, 6.45) is 0. The van der Waals surface area contributed by atoms with Crippen LogP contribution in [0.5, 0.6) is 0 Å². The summed E-state index contributed by atoms with van der Waals surface area (Å²) in [5.74, 6) is 0. The van der Waals surface area contributed by atoms with Gasteiger partial charge in [-0.25, -0.2) is 0 Å². The Morgan fingerprint density at radius 3 is 1.53 bits per heavy atom. The second-order valence-electron chi connectivity index (χ2n) is 5.86. The third kappa shape index (κ3) is 4.14. The standard InChI is InChI=1S/C16H23PSi2/c1-12-8-4-6-10-14(12)18-16(3,17)19-15-11-7-5-9-13(15)2/h4-11H,17-19H2,1-3H3. The maximum Gasteiger partial charge on any atom is 0.0620 e. The van der Waals surface area contributed by atoms with Gasteiger partial charge >= 0.3 is 0 Å². The van der Waals surface area contributed by atoms with Crippen molar-refractivity contribution < 1.29 is 0 Å². The average molecular weight is 303 g/mol. The van der Waals surface area contributed by atoms with E-state index in [1.54, 1.807) is 10.4 Å². The first-order valence-electron chi connectivity index (χ1n) is 6.86. The molecule has 0 radical (unpaired) electrons. The van der Waals surface area contributed by atoms with Crippen LogP contribution in [0, 0.1) is 13.8 Å². The van der Waals surface area contributed by atoms with Crippen molar-refractivity contribution in [2.75, 3.05) is 0 Å². The van der Waals surface area contributed by atoms with E-state index >= 15 is 0 Å². The molecule has 100 valence electrons. The summed E-state index contributed by atoms with van der Waals surface area (Å²) in [6.45, 7) is 6.95. The van der Waals surface area contributed by atoms with Gasteiger partial charge in [-0.1, -0.05) is 77.0 Å². The van der Waals surface area contributed by atoms with Crippen LogP contribution in [0.3, 0.4) is 0 Å². The number of benzene rings is 2. The predicted molar refractivity (Wildman–Crippen MR) is 96.8 cm³/mol. The second-order valence-corrected chi connectivity index (χ2v) is 15.3. The van der Waals surface area contributed by atoms with Gasteiger partial charge in [-0.15, -0.1) is 9.24 Å². The Morgan fingerprint density at radius 1 is 0.789 bits per heavy atom. The van der Waals surface area contributed by atoms with E-state index in [2.05, 4.69) is 78.5 Å². The first-order valence-corrected chi connectivity index (χ1v) is 10.3. The van der Waals surface area contributed by atoms with Crippen molar-refractivity contribution >= 4 is 38.7 Å². The van der Waals surface area contributed by atoms with Gasteiger partial charge in [0.05, 0.1) is 19.0 Å². The number of hydrogen-bond acceptors (Lipinski definition) is 0. The highest BCUT2D eigenvalue weighted by molar-refractivity contribution is 7.30. The van der Waals surface area contributed by atoms with Gasteiger partial charge in [0.2, 0.25) is 0 Å². The summed E-state index contributed by atoms with van der Waals surface area (Å²) in [5, 5.41) is 3.25. The zero-order valence-corrected chi connectivity index (χ0v) is 16.1. The maximum absolute atomic E-state index is 3.18. The minimum atomic E-state index is -0.248. The first kappa shape index (κ1) is 14.7. The van der Waals surface area contributed by atoms with Gasteiger partial charge in [-0.05, 0) is 18.3 Å². The quantitative estimate of drug-likeness (QED) is 0.587. The molecular weight excluding hydrogens is 279 g/mol. The maximum atomic E-state index is 3.18. The van der Waals surface area contributed by atoms with Gasteiger partial charge in [0.25, 0.3) is 0 Å². The van der Waals surface area contributed by atoms with Crippen LogP contribution < -0.4 is 10.4 Å². The Balaban J connectivity index is 2.15. The minimum absolute atomic E-state index is 0.248. The van der Waals surface area contributed by atoms with Gasteiger partial charge in [-0.2, -0.15) is 0 Å². The molecule has 0 saturated carbocycles. The Hall–Kier alpha value is -0.696. The van der Waals surface area contributed by atoms with Crippen LogP contribution in [0.15, 0.2) is 48.5 Å². The average Bonchev–Trinajstić information content (AvgIpc) is 2.35. The highest BCUT2D eigenvalue weighted by atomic mass is 31.0. The lowest BCUT2D eigenvalue weighted by Crippen LogP contribution is -2.45. The van der Waals surface area contributed by atoms with Crippen LogP contribution in [0.4, 0.5) is 0 Å². The van der Waals surface area contributed by atoms with E-state index in [-0.39, 0.29) is 19.0 Å². The molecule has 0 nitrogen and oxygen atoms in total. The fourth-order valence-corrected chi connectivity index (χ4v) is 9.03. The zero-order chi connectivity index (χ0) is 13.9. The Kier molecular flexibility index (Phi) is 4.78. The minimum Gasteiger partial charge on any atom is -0.137 e. The normalized spacial score (nSPS) is 15.4. The van der Waals surface area contributed by atoms with Gasteiger partial charge in [0, 0.05) is 0 Å². The molecule has 1 unspecified atom stereocenters. The lowest BCUT2D eigenvalue weighted by Gasteiger charge is -2.25. The summed E-state index contributed by atoms with van der Waals surface area (Å²) in [5.41, 5.74) is 2.95. The molecule has 0 N–H and O–H groups in total. The molecule has 19 heavy (non-hydrogen) atoms. The zero-order valence-electron chi connectivity index (χ0n) is 12.1. The lowest BCUT2D eigenvalue weighted by atomic mass is 10.2. The molecule has 0 fully saturated rings. The third-order valence-corrected chi connectivity index (χ3v) is 10.4. The van der Waals surface area contributed by atoms with E-state index in [1.165, 1.54) is 11.1 Å². The van der Waals surface area contributed by atoms with Gasteiger partial charge in [-0.3, -0.25) is 0 Å². The van der Waals surface area contributed by atoms with Crippen LogP contribution in [-0.2, 0) is 0 Å². The molecule has 0 aliphatic rings. The highest BCUT2D eigenvalue weighted by Crippen LogP contribution is 2.15. The van der Waals surface area contributed by atoms with Gasteiger partial charge < -0.3 is 0 Å². The third-order valence-electron chi connectivity index (χ3n) is 3.71. The highest BCUT2D eigenvalue weighted by Gasteiger charge is 2.22. The van der Waals surface area contributed by atoms with Crippen molar-refractivity contribution in [3.63, 3.8) is 0 Å². The topological polar surface area (TPSA) is 0 Å². The molecule has 0 saturated heterocycles. The summed E-state index contributed by atoms with van der Waals surface area (Å²) < 4.78 is 0.484. The van der Waals surface area contributed by atoms with E-state index in [4.69, 9.17) is 0 Å². The van der Waals surface area contributed by atoms with Crippen molar-refractivity contribution in [1.29, 1.82) is 0 Å². The molecule has 0 heterocycles. The fraction of sp³-hybridized carbons (Fsp3) is 0.250. The van der Waals surface area contributed by atoms with Gasteiger partial charge in [0.1, 0.15) is 0 Å². The van der Waals surface area contributed by atoms with E-state index in [0.717, 1.165) is 0 Å². The van der Waals surface area contributed by atoms with Crippen LogP contribution in [-0.4, -0.2) is 23.4 Å². The molecule has 0 amide bonds. The van der Waals surface area contributed by atoms with E-state index in [1.807, 2.05) is 0 Å². The number of aryl methyl sites for hydroxylation is 2. The summed E-state index contributed by atoms with van der Waals surface area (Å²) in [7, 11) is 2.69. The summed E-state index contributed by atoms with van der Waals surface area (Å²) in [6, 6.07) is 17.8. The Morgan fingerprint density at radius 2 is 1.16 bits per heavy atom. The molecule has 1 atom stereocenters. The van der Waals surface area contributed by atoms with E-state index < -0.39 is 0 Å². The molecule has 3 heteroatoms. The van der Waals surface area contributed by atoms with E-state index in [9.17, 15) is 0 Å². The van der Waals surface area contributed by atoms with Gasteiger partial charge in [0.15, 0.2) is 0 Å². The van der Waals surface area contributed by atoms with Crippen molar-refractivity contribution in [3.8, 4) is 0 Å². The summed E-state index contributed by atoms with van der Waals surface area (Å²) >= 11 is 0. The molecule has 2 aromatic carbocycles. The van der Waals surface area contributed by atoms with Crippen LogP contribution in [0.25, 0.3) is 0 Å². The first-order chi connectivity index (χ1) is 8.98. The monoisotopic (exact) mass is 302 g/mol. The van der Waals surface area contributed by atoms with Crippen LogP contribution >= 0.6 is 9.24 Å². The SMILES string of the molecule is Cc1ccccc1[SiH2]C(C)(P)[SiH2]c1ccccc1C. The molecule has 2 rings (SSSR count). The summed E-state index contributed by atoms with van der Waals surface area (Å²) in [4.78, 5) is 0. The van der Waals surface area contributed by atoms with Crippen molar-refractivity contribution in [3.05, 3.63) is 59.7 Å². The fourth-order valence-electron chi connectivity index (χ4n) is 2.55. The lowest BCUT2D eigenvalue weighted by molar-refractivity contribution is 1.25.